The van der Waals surface area contributed by atoms with E-state index in [0.29, 0.717) is 24.2 Å². The number of nitrogens with one attached hydrogen (secondary N) is 5. The summed E-state index contributed by atoms with van der Waals surface area (Å²) in [5.74, 6) is 0.138. The molecule has 0 atom stereocenters. The van der Waals surface area contributed by atoms with Gasteiger partial charge in [-0.15, -0.1) is 0 Å². The highest BCUT2D eigenvalue weighted by atomic mass is 19.1. The number of rotatable bonds is 18. The van der Waals surface area contributed by atoms with Crippen LogP contribution in [0.5, 0.6) is 5.75 Å². The number of amides is 4. The molecule has 0 aromatic heterocycles. The van der Waals surface area contributed by atoms with Gasteiger partial charge in [0.25, 0.3) is 0 Å². The van der Waals surface area contributed by atoms with E-state index < -0.39 is 43.1 Å². The number of urea groups is 1. The van der Waals surface area contributed by atoms with Gasteiger partial charge in [0.15, 0.2) is 0 Å². The number of nitrogens with zero attached hydrogens (tertiary/aromatic N) is 2. The van der Waals surface area contributed by atoms with E-state index in [2.05, 4.69) is 31.5 Å². The smallest absolute Gasteiger partial charge is 0.315 e. The second-order valence-electron chi connectivity index (χ2n) is 13.4. The van der Waals surface area contributed by atoms with Crippen LogP contribution in [0.15, 0.2) is 18.2 Å². The standard InChI is InChI=1S/C33H54FN7O8/c1-48-19-24-15-37-31(38-16-24)40-10-6-23(7-11-40)3-2-12-49-27-5-4-25(28(34)14-27)13-29(45)41-17-26(18-41)30(46)35-8-9-36-32(47)39-33(20-42,21-43)22-44/h4-5,14,23-24,26,31,37-38,42-44H,2-3,6-13,15-22H2,1H3,(H,35,46)(H2,36,39,47). The first-order valence-electron chi connectivity index (χ1n) is 17.2. The van der Waals surface area contributed by atoms with Crippen molar-refractivity contribution in [2.45, 2.75) is 43.9 Å². The fraction of sp³-hybridized carbons (Fsp3) is 0.727. The quantitative estimate of drug-likeness (QED) is 0.0839. The third kappa shape index (κ3) is 11.5. The Labute approximate surface area is 287 Å². The molecule has 0 bridgehead atoms. The van der Waals surface area contributed by atoms with Gasteiger partial charge in [-0.25, -0.2) is 9.18 Å². The molecule has 3 fully saturated rings. The fourth-order valence-electron chi connectivity index (χ4n) is 6.32. The number of aliphatic hydroxyl groups is 3. The molecule has 0 aliphatic carbocycles. The number of methoxy groups -OCH3 is 1. The molecule has 4 amide bonds. The van der Waals surface area contributed by atoms with E-state index in [9.17, 15) is 34.1 Å². The number of hydrogen-bond acceptors (Lipinski definition) is 11. The molecule has 1 aromatic carbocycles. The van der Waals surface area contributed by atoms with Gasteiger partial charge in [0.05, 0.1) is 45.4 Å². The van der Waals surface area contributed by atoms with Gasteiger partial charge in [-0.05, 0) is 43.2 Å². The van der Waals surface area contributed by atoms with Crippen LogP contribution >= 0.6 is 0 Å². The average molecular weight is 696 g/mol. The number of piperidine rings is 1. The number of halogens is 1. The van der Waals surface area contributed by atoms with Crippen LogP contribution in [0.4, 0.5) is 9.18 Å². The minimum absolute atomic E-state index is 0.0665. The third-order valence-electron chi connectivity index (χ3n) is 9.61. The van der Waals surface area contributed by atoms with Crippen molar-refractivity contribution in [1.29, 1.82) is 0 Å². The second kappa shape index (κ2) is 19.3. The van der Waals surface area contributed by atoms with E-state index in [1.807, 2.05) is 0 Å². The van der Waals surface area contributed by atoms with Gasteiger partial charge in [0.1, 0.15) is 23.4 Å². The van der Waals surface area contributed by atoms with Crippen LogP contribution in [0, 0.1) is 23.6 Å². The Morgan fingerprint density at radius 2 is 1.67 bits per heavy atom. The van der Waals surface area contributed by atoms with Crippen molar-refractivity contribution < 1.29 is 43.6 Å². The monoisotopic (exact) mass is 695 g/mol. The Hall–Kier alpha value is -3.12. The molecule has 1 aromatic rings. The highest BCUT2D eigenvalue weighted by Gasteiger charge is 2.36. The highest BCUT2D eigenvalue weighted by Crippen LogP contribution is 2.24. The van der Waals surface area contributed by atoms with E-state index in [4.69, 9.17) is 9.47 Å². The SMILES string of the molecule is COCC1CNC(N2CCC(CCCOc3ccc(CC(=O)N4CC(C(=O)NCCNC(=O)NC(CO)(CO)CO)C4)c(F)c3)CC2)NC1. The fourth-order valence-corrected chi connectivity index (χ4v) is 6.32. The predicted octanol–water partition coefficient (Wildman–Crippen LogP) is -1.43. The van der Waals surface area contributed by atoms with E-state index >= 15 is 0 Å². The molecule has 3 aliphatic heterocycles. The summed E-state index contributed by atoms with van der Waals surface area (Å²) in [4.78, 5) is 41.0. The molecule has 49 heavy (non-hydrogen) atoms. The lowest BCUT2D eigenvalue weighted by molar-refractivity contribution is -0.142. The van der Waals surface area contributed by atoms with Crippen LogP contribution in [-0.2, 0) is 20.7 Å². The van der Waals surface area contributed by atoms with Gasteiger partial charge < -0.3 is 45.6 Å². The Morgan fingerprint density at radius 1 is 1.00 bits per heavy atom. The molecule has 3 saturated heterocycles. The van der Waals surface area contributed by atoms with Gasteiger partial charge in [-0.2, -0.15) is 0 Å². The topological polar surface area (TPSA) is 197 Å². The number of carbonyl (C=O) groups is 3. The minimum atomic E-state index is -1.55. The Bertz CT molecular complexity index is 1200. The average Bonchev–Trinajstić information content (AvgIpc) is 3.09. The molecule has 0 radical (unpaired) electrons. The molecule has 0 saturated carbocycles. The maximum Gasteiger partial charge on any atom is 0.315 e. The number of aliphatic hydroxyl groups excluding tert-OH is 3. The summed E-state index contributed by atoms with van der Waals surface area (Å²) in [5, 5.41) is 42.4. The number of hydrogen-bond donors (Lipinski definition) is 8. The number of benzene rings is 1. The van der Waals surface area contributed by atoms with E-state index in [0.717, 1.165) is 58.5 Å². The van der Waals surface area contributed by atoms with Crippen LogP contribution < -0.4 is 31.3 Å². The van der Waals surface area contributed by atoms with Crippen LogP contribution in [-0.4, -0.2) is 147 Å². The van der Waals surface area contributed by atoms with Gasteiger partial charge in [0, 0.05) is 71.5 Å². The summed E-state index contributed by atoms with van der Waals surface area (Å²) in [7, 11) is 1.74. The van der Waals surface area contributed by atoms with Crippen LogP contribution in [0.3, 0.4) is 0 Å². The molecule has 3 aliphatic rings. The lowest BCUT2D eigenvalue weighted by atomic mass is 9.92. The number of carbonyl (C=O) groups excluding carboxylic acids is 3. The minimum Gasteiger partial charge on any atom is -0.493 e. The molecule has 0 spiro atoms. The number of likely N-dealkylation sites (tertiary alicyclic amines) is 2. The normalized spacial score (nSPS) is 20.8. The molecule has 4 rings (SSSR count). The summed E-state index contributed by atoms with van der Waals surface area (Å²) < 4.78 is 25.9. The van der Waals surface area contributed by atoms with Crippen molar-refractivity contribution in [2.75, 3.05) is 92.5 Å². The summed E-state index contributed by atoms with van der Waals surface area (Å²) in [5.41, 5.74) is -1.28. The Balaban J connectivity index is 1.05. The zero-order valence-corrected chi connectivity index (χ0v) is 28.4. The van der Waals surface area contributed by atoms with E-state index in [-0.39, 0.29) is 56.3 Å². The first-order valence-corrected chi connectivity index (χ1v) is 17.2. The van der Waals surface area contributed by atoms with Crippen molar-refractivity contribution in [3.63, 3.8) is 0 Å². The molecule has 3 heterocycles. The summed E-state index contributed by atoms with van der Waals surface area (Å²) in [6.45, 7) is 3.96. The Morgan fingerprint density at radius 3 is 2.31 bits per heavy atom. The number of ether oxygens (including phenoxy) is 2. The van der Waals surface area contributed by atoms with Crippen molar-refractivity contribution >= 4 is 17.8 Å². The summed E-state index contributed by atoms with van der Waals surface area (Å²) in [6.07, 6.45) is 4.36. The maximum atomic E-state index is 14.8. The lowest BCUT2D eigenvalue weighted by Gasteiger charge is -2.41. The third-order valence-corrected chi connectivity index (χ3v) is 9.61. The molecule has 15 nitrogen and oxygen atoms in total. The molecule has 8 N–H and O–H groups in total. The van der Waals surface area contributed by atoms with Gasteiger partial charge in [-0.3, -0.25) is 25.1 Å². The van der Waals surface area contributed by atoms with Gasteiger partial charge in [0.2, 0.25) is 11.8 Å². The van der Waals surface area contributed by atoms with Crippen LogP contribution in [0.25, 0.3) is 0 Å². The molecular weight excluding hydrogens is 641 g/mol. The molecule has 16 heteroatoms. The van der Waals surface area contributed by atoms with E-state index in [1.165, 1.54) is 11.0 Å². The first kappa shape index (κ1) is 38.7. The largest absolute Gasteiger partial charge is 0.493 e. The van der Waals surface area contributed by atoms with Crippen molar-refractivity contribution in [1.82, 2.24) is 36.4 Å². The highest BCUT2D eigenvalue weighted by molar-refractivity contribution is 5.85. The molecule has 276 valence electrons. The maximum absolute atomic E-state index is 14.8. The predicted molar refractivity (Wildman–Crippen MR) is 178 cm³/mol. The lowest BCUT2D eigenvalue weighted by Crippen LogP contribution is -2.62. The van der Waals surface area contributed by atoms with Crippen molar-refractivity contribution in [3.05, 3.63) is 29.6 Å². The van der Waals surface area contributed by atoms with Crippen LogP contribution in [0.1, 0.15) is 31.2 Å². The summed E-state index contributed by atoms with van der Waals surface area (Å²) in [6, 6.07) is 3.86. The zero-order valence-electron chi connectivity index (χ0n) is 28.4. The van der Waals surface area contributed by atoms with Crippen LogP contribution in [0.2, 0.25) is 0 Å². The van der Waals surface area contributed by atoms with Gasteiger partial charge >= 0.3 is 6.03 Å². The summed E-state index contributed by atoms with van der Waals surface area (Å²) >= 11 is 0. The van der Waals surface area contributed by atoms with E-state index in [1.54, 1.807) is 19.2 Å². The van der Waals surface area contributed by atoms with Crippen molar-refractivity contribution in [3.8, 4) is 5.75 Å². The van der Waals surface area contributed by atoms with Crippen molar-refractivity contribution in [2.24, 2.45) is 17.8 Å². The first-order chi connectivity index (χ1) is 23.7. The molecule has 0 unspecified atom stereocenters. The molecular formula is C33H54FN7O8. The second-order valence-corrected chi connectivity index (χ2v) is 13.4. The zero-order chi connectivity index (χ0) is 35.2. The van der Waals surface area contributed by atoms with Gasteiger partial charge in [-0.1, -0.05) is 6.07 Å². The Kier molecular flexibility index (Phi) is 15.2.